The zero-order chi connectivity index (χ0) is 24.3. The fraction of sp³-hybridized carbons (Fsp3) is 0.391. The second-order valence-corrected chi connectivity index (χ2v) is 11.9. The molecule has 7 nitrogen and oxygen atoms in total. The second kappa shape index (κ2) is 10.6. The zero-order valence-electron chi connectivity index (χ0n) is 18.9. The van der Waals surface area contributed by atoms with Crippen LogP contribution in [0, 0.1) is 11.7 Å². The lowest BCUT2D eigenvalue weighted by atomic mass is 9.98. The predicted molar refractivity (Wildman–Crippen MR) is 133 cm³/mol. The summed E-state index contributed by atoms with van der Waals surface area (Å²) in [6.07, 6.45) is 2.82. The number of ether oxygens (including phenoxy) is 1. The van der Waals surface area contributed by atoms with E-state index in [2.05, 4.69) is 4.99 Å². The third-order valence-electron chi connectivity index (χ3n) is 5.87. The number of fused-ring (bicyclic) bond motifs is 1. The number of amides is 1. The van der Waals surface area contributed by atoms with E-state index in [1.54, 1.807) is 18.9 Å². The summed E-state index contributed by atoms with van der Waals surface area (Å²) in [6, 6.07) is 10.6. The fourth-order valence-electron chi connectivity index (χ4n) is 3.94. The van der Waals surface area contributed by atoms with E-state index in [4.69, 9.17) is 4.74 Å². The molecule has 0 spiro atoms. The molecule has 4 rings (SSSR count). The smallest absolute Gasteiger partial charge is 0.251 e. The van der Waals surface area contributed by atoms with E-state index >= 15 is 0 Å². The fourth-order valence-corrected chi connectivity index (χ4v) is 6.82. The van der Waals surface area contributed by atoms with E-state index in [9.17, 15) is 17.6 Å². The molecule has 0 N–H and O–H groups in total. The number of piperidine rings is 1. The van der Waals surface area contributed by atoms with Crippen LogP contribution in [0.15, 0.2) is 52.4 Å². The van der Waals surface area contributed by atoms with Gasteiger partial charge in [0.15, 0.2) is 4.80 Å². The van der Waals surface area contributed by atoms with Crippen LogP contribution in [0.3, 0.4) is 0 Å². The number of carbonyl (C=O) groups is 1. The molecule has 1 amide bonds. The summed E-state index contributed by atoms with van der Waals surface area (Å²) >= 11 is 3.18. The van der Waals surface area contributed by atoms with Crippen molar-refractivity contribution < 1.29 is 22.3 Å². The predicted octanol–water partition coefficient (Wildman–Crippen LogP) is 3.74. The molecule has 1 saturated heterocycles. The van der Waals surface area contributed by atoms with Crippen molar-refractivity contribution in [1.29, 1.82) is 0 Å². The van der Waals surface area contributed by atoms with E-state index < -0.39 is 15.8 Å². The number of rotatable bonds is 7. The van der Waals surface area contributed by atoms with E-state index in [-0.39, 0.29) is 29.8 Å². The quantitative estimate of drug-likeness (QED) is 0.471. The van der Waals surface area contributed by atoms with Crippen LogP contribution in [0.4, 0.5) is 4.39 Å². The topological polar surface area (TPSA) is 81.0 Å². The van der Waals surface area contributed by atoms with Crippen LogP contribution in [0.1, 0.15) is 12.8 Å². The molecule has 2 heterocycles. The number of halogens is 1. The Morgan fingerprint density at radius 3 is 2.56 bits per heavy atom. The van der Waals surface area contributed by atoms with Crippen molar-refractivity contribution in [3.8, 4) is 5.75 Å². The molecule has 1 aliphatic rings. The lowest BCUT2D eigenvalue weighted by Crippen LogP contribution is -2.40. The van der Waals surface area contributed by atoms with E-state index in [0.29, 0.717) is 17.6 Å². The van der Waals surface area contributed by atoms with E-state index in [1.165, 1.54) is 27.8 Å². The SMILES string of the molecule is COc1ccc2sc(=NC(=O)C3CCN(S(=O)(=O)c4ccc(F)cc4)CC3)n(CCSC)c2c1. The Labute approximate surface area is 206 Å². The third kappa shape index (κ3) is 5.22. The lowest BCUT2D eigenvalue weighted by Gasteiger charge is -2.29. The highest BCUT2D eigenvalue weighted by Gasteiger charge is 2.32. The van der Waals surface area contributed by atoms with E-state index in [1.807, 2.05) is 29.0 Å². The van der Waals surface area contributed by atoms with Gasteiger partial charge in [-0.15, -0.1) is 0 Å². The van der Waals surface area contributed by atoms with Crippen molar-refractivity contribution >= 4 is 49.2 Å². The van der Waals surface area contributed by atoms with Gasteiger partial charge in [0.2, 0.25) is 10.0 Å². The van der Waals surface area contributed by atoms with Gasteiger partial charge in [-0.1, -0.05) is 11.3 Å². The van der Waals surface area contributed by atoms with Crippen LogP contribution in [0.2, 0.25) is 0 Å². The number of thioether (sulfide) groups is 1. The highest BCUT2D eigenvalue weighted by molar-refractivity contribution is 7.98. The first-order valence-electron chi connectivity index (χ1n) is 10.8. The maximum atomic E-state index is 13.2. The number of hydrogen-bond acceptors (Lipinski definition) is 6. The summed E-state index contributed by atoms with van der Waals surface area (Å²) in [5.41, 5.74) is 0.977. The van der Waals surface area contributed by atoms with Gasteiger partial charge in [-0.25, -0.2) is 12.8 Å². The van der Waals surface area contributed by atoms with Crippen LogP contribution in [0.25, 0.3) is 10.2 Å². The number of nitrogens with zero attached hydrogens (tertiary/aromatic N) is 3. The van der Waals surface area contributed by atoms with Gasteiger partial charge in [0.05, 0.1) is 22.2 Å². The number of methoxy groups -OCH3 is 1. The number of hydrogen-bond donors (Lipinski definition) is 0. The monoisotopic (exact) mass is 523 g/mol. The standard InChI is InChI=1S/C23H26FN3O4S3/c1-31-18-5-8-21-20(15-18)27(13-14-32-2)23(33-21)25-22(28)16-9-11-26(12-10-16)34(29,30)19-6-3-17(24)4-7-19/h3-8,15-16H,9-14H2,1-2H3. The van der Waals surface area contributed by atoms with Crippen molar-refractivity contribution in [2.24, 2.45) is 10.9 Å². The van der Waals surface area contributed by atoms with Gasteiger partial charge in [-0.2, -0.15) is 21.1 Å². The largest absolute Gasteiger partial charge is 0.497 e. The van der Waals surface area contributed by atoms with Gasteiger partial charge in [0, 0.05) is 37.4 Å². The highest BCUT2D eigenvalue weighted by Crippen LogP contribution is 2.26. The molecule has 0 unspecified atom stereocenters. The Bertz CT molecular complexity index is 1340. The van der Waals surface area contributed by atoms with Crippen LogP contribution in [0.5, 0.6) is 5.75 Å². The molecule has 0 bridgehead atoms. The molecule has 0 atom stereocenters. The first-order chi connectivity index (χ1) is 16.3. The Balaban J connectivity index is 1.53. The van der Waals surface area contributed by atoms with Gasteiger partial charge in [0.1, 0.15) is 11.6 Å². The number of benzene rings is 2. The van der Waals surface area contributed by atoms with E-state index in [0.717, 1.165) is 40.4 Å². The summed E-state index contributed by atoms with van der Waals surface area (Å²) in [5.74, 6) is 0.572. The summed E-state index contributed by atoms with van der Waals surface area (Å²) in [4.78, 5) is 18.2. The molecule has 11 heteroatoms. The minimum Gasteiger partial charge on any atom is -0.497 e. The minimum absolute atomic E-state index is 0.0545. The molecule has 1 fully saturated rings. The van der Waals surface area contributed by atoms with Crippen molar-refractivity contribution in [3.05, 3.63) is 53.1 Å². The first kappa shape index (κ1) is 24.9. The molecule has 182 valence electrons. The number of thiazole rings is 1. The van der Waals surface area contributed by atoms with Crippen LogP contribution in [-0.4, -0.2) is 55.4 Å². The van der Waals surface area contributed by atoms with Crippen LogP contribution >= 0.6 is 23.1 Å². The van der Waals surface area contributed by atoms with Crippen LogP contribution < -0.4 is 9.54 Å². The lowest BCUT2D eigenvalue weighted by molar-refractivity contribution is -0.122. The van der Waals surface area contributed by atoms with Gasteiger partial charge >= 0.3 is 0 Å². The highest BCUT2D eigenvalue weighted by atomic mass is 32.2. The zero-order valence-corrected chi connectivity index (χ0v) is 21.4. The summed E-state index contributed by atoms with van der Waals surface area (Å²) in [6.45, 7) is 1.16. The molecule has 0 saturated carbocycles. The van der Waals surface area contributed by atoms with Crippen LogP contribution in [-0.2, 0) is 21.4 Å². The van der Waals surface area contributed by atoms with Crippen molar-refractivity contribution in [2.75, 3.05) is 32.2 Å². The molecule has 1 aliphatic heterocycles. The first-order valence-corrected chi connectivity index (χ1v) is 14.5. The Morgan fingerprint density at radius 2 is 1.91 bits per heavy atom. The van der Waals surface area contributed by atoms with Gasteiger partial charge in [-0.05, 0) is 55.5 Å². The molecule has 3 aromatic rings. The van der Waals surface area contributed by atoms with Gasteiger partial charge in [0.25, 0.3) is 5.91 Å². The Morgan fingerprint density at radius 1 is 1.21 bits per heavy atom. The normalized spacial score (nSPS) is 16.3. The second-order valence-electron chi connectivity index (χ2n) is 7.95. The number of aromatic nitrogens is 1. The third-order valence-corrected chi connectivity index (χ3v) is 9.43. The van der Waals surface area contributed by atoms with Crippen molar-refractivity contribution in [1.82, 2.24) is 8.87 Å². The van der Waals surface area contributed by atoms with Crippen molar-refractivity contribution in [3.63, 3.8) is 0 Å². The summed E-state index contributed by atoms with van der Waals surface area (Å²) < 4.78 is 48.6. The maximum absolute atomic E-state index is 13.2. The molecule has 0 radical (unpaired) electrons. The number of aryl methyl sites for hydroxylation is 1. The molecule has 1 aromatic heterocycles. The number of sulfonamides is 1. The average molecular weight is 524 g/mol. The summed E-state index contributed by atoms with van der Waals surface area (Å²) in [5, 5.41) is 0. The Hall–Kier alpha value is -2.21. The van der Waals surface area contributed by atoms with Gasteiger partial charge in [-0.3, -0.25) is 4.79 Å². The van der Waals surface area contributed by atoms with Crippen molar-refractivity contribution in [2.45, 2.75) is 24.3 Å². The minimum atomic E-state index is -3.72. The molecule has 2 aromatic carbocycles. The van der Waals surface area contributed by atoms with Gasteiger partial charge < -0.3 is 9.30 Å². The maximum Gasteiger partial charge on any atom is 0.251 e. The Kier molecular flexibility index (Phi) is 7.76. The molecule has 0 aliphatic carbocycles. The summed E-state index contributed by atoms with van der Waals surface area (Å²) in [7, 11) is -2.10. The molecule has 34 heavy (non-hydrogen) atoms. The molecular formula is C23H26FN3O4S3. The average Bonchev–Trinajstić information content (AvgIpc) is 3.18. The molecular weight excluding hydrogens is 497 g/mol. The number of carbonyl (C=O) groups excluding carboxylic acids is 1.